The molecular formula is C30H35Cl2N3O5S. The summed E-state index contributed by atoms with van der Waals surface area (Å²) < 4.78 is 34.5. The normalized spacial score (nSPS) is 12.0. The van der Waals surface area contributed by atoms with Crippen LogP contribution in [-0.2, 0) is 26.2 Å². The predicted octanol–water partition coefficient (Wildman–Crippen LogP) is 5.84. The first-order chi connectivity index (χ1) is 19.5. The minimum Gasteiger partial charge on any atom is -0.494 e. The Balaban J connectivity index is 2.08. The molecule has 3 rings (SSSR count). The molecule has 0 unspecified atom stereocenters. The van der Waals surface area contributed by atoms with Crippen molar-refractivity contribution in [3.05, 3.63) is 87.9 Å². The Bertz CT molecular complexity index is 1450. The lowest BCUT2D eigenvalue weighted by Crippen LogP contribution is -2.52. The topological polar surface area (TPSA) is 96.0 Å². The Labute approximate surface area is 252 Å². The second-order valence-corrected chi connectivity index (χ2v) is 12.0. The van der Waals surface area contributed by atoms with E-state index < -0.39 is 28.5 Å². The van der Waals surface area contributed by atoms with Crippen LogP contribution >= 0.6 is 23.2 Å². The number of sulfonamides is 1. The zero-order valence-electron chi connectivity index (χ0n) is 23.6. The monoisotopic (exact) mass is 619 g/mol. The van der Waals surface area contributed by atoms with E-state index in [1.165, 1.54) is 17.0 Å². The maximum Gasteiger partial charge on any atom is 0.264 e. The van der Waals surface area contributed by atoms with E-state index in [-0.39, 0.29) is 23.0 Å². The summed E-state index contributed by atoms with van der Waals surface area (Å²) in [5.41, 5.74) is 1.74. The second-order valence-electron chi connectivity index (χ2n) is 9.33. The van der Waals surface area contributed by atoms with E-state index in [1.54, 1.807) is 68.4 Å². The van der Waals surface area contributed by atoms with Crippen LogP contribution in [0.4, 0.5) is 5.69 Å². The Morgan fingerprint density at radius 1 is 0.951 bits per heavy atom. The van der Waals surface area contributed by atoms with Gasteiger partial charge in [0.05, 0.1) is 17.2 Å². The zero-order chi connectivity index (χ0) is 30.2. The number of likely N-dealkylation sites (N-methyl/N-ethyl adjacent to an activating group) is 1. The van der Waals surface area contributed by atoms with Crippen molar-refractivity contribution in [2.24, 2.45) is 0 Å². The maximum atomic E-state index is 14.1. The number of carbonyl (C=O) groups is 2. The summed E-state index contributed by atoms with van der Waals surface area (Å²) in [5.74, 6) is -0.349. The predicted molar refractivity (Wildman–Crippen MR) is 163 cm³/mol. The lowest BCUT2D eigenvalue weighted by atomic mass is 10.1. The van der Waals surface area contributed by atoms with Crippen LogP contribution < -0.4 is 14.4 Å². The molecule has 0 spiro atoms. The van der Waals surface area contributed by atoms with Crippen molar-refractivity contribution in [3.8, 4) is 5.75 Å². The summed E-state index contributed by atoms with van der Waals surface area (Å²) in [6.45, 7) is 7.53. The third-order valence-corrected chi connectivity index (χ3v) is 8.79. The van der Waals surface area contributed by atoms with Crippen molar-refractivity contribution in [2.75, 3.05) is 24.0 Å². The minimum absolute atomic E-state index is 0.0217. The van der Waals surface area contributed by atoms with Gasteiger partial charge < -0.3 is 15.0 Å². The third-order valence-electron chi connectivity index (χ3n) is 6.42. The lowest BCUT2D eigenvalue weighted by molar-refractivity contribution is -0.140. The van der Waals surface area contributed by atoms with E-state index >= 15 is 0 Å². The number of hydrogen-bond acceptors (Lipinski definition) is 5. The van der Waals surface area contributed by atoms with Crippen molar-refractivity contribution in [1.29, 1.82) is 0 Å². The van der Waals surface area contributed by atoms with Crippen LogP contribution in [0.3, 0.4) is 0 Å². The number of hydrogen-bond donors (Lipinski definition) is 1. The molecule has 0 aliphatic rings. The van der Waals surface area contributed by atoms with Gasteiger partial charge in [0.1, 0.15) is 18.3 Å². The smallest absolute Gasteiger partial charge is 0.264 e. The molecule has 41 heavy (non-hydrogen) atoms. The highest BCUT2D eigenvalue weighted by Crippen LogP contribution is 2.28. The van der Waals surface area contributed by atoms with E-state index in [0.717, 1.165) is 9.87 Å². The van der Waals surface area contributed by atoms with Crippen LogP contribution in [0.15, 0.2) is 71.6 Å². The van der Waals surface area contributed by atoms with Gasteiger partial charge >= 0.3 is 0 Å². The molecular weight excluding hydrogens is 585 g/mol. The Hall–Kier alpha value is -3.27. The average Bonchev–Trinajstić information content (AvgIpc) is 2.93. The van der Waals surface area contributed by atoms with Crippen LogP contribution in [-0.4, -0.2) is 50.9 Å². The largest absolute Gasteiger partial charge is 0.494 e. The van der Waals surface area contributed by atoms with Crippen molar-refractivity contribution < 1.29 is 22.7 Å². The van der Waals surface area contributed by atoms with Gasteiger partial charge in [0.25, 0.3) is 10.0 Å². The van der Waals surface area contributed by atoms with Gasteiger partial charge in [-0.15, -0.1) is 0 Å². The van der Waals surface area contributed by atoms with Gasteiger partial charge in [-0.05, 0) is 81.3 Å². The summed E-state index contributed by atoms with van der Waals surface area (Å²) >= 11 is 12.5. The molecule has 8 nitrogen and oxygen atoms in total. The molecule has 2 amide bonds. The molecule has 0 radical (unpaired) electrons. The lowest BCUT2D eigenvalue weighted by Gasteiger charge is -2.33. The maximum absolute atomic E-state index is 14.1. The number of aryl methyl sites for hydroxylation is 1. The van der Waals surface area contributed by atoms with Gasteiger partial charge in [-0.3, -0.25) is 13.9 Å². The molecule has 0 aromatic heterocycles. The van der Waals surface area contributed by atoms with Crippen LogP contribution in [0.25, 0.3) is 0 Å². The fourth-order valence-corrected chi connectivity index (χ4v) is 6.17. The van der Waals surface area contributed by atoms with E-state index in [4.69, 9.17) is 27.9 Å². The molecule has 0 bridgehead atoms. The number of halogens is 2. The molecule has 0 heterocycles. The van der Waals surface area contributed by atoms with Crippen LogP contribution in [0.2, 0.25) is 10.0 Å². The molecule has 3 aromatic rings. The highest BCUT2D eigenvalue weighted by molar-refractivity contribution is 7.92. The first-order valence-electron chi connectivity index (χ1n) is 13.3. The fraction of sp³-hybridized carbons (Fsp3) is 0.333. The number of nitrogens with zero attached hydrogens (tertiary/aromatic N) is 2. The second kappa shape index (κ2) is 14.6. The minimum atomic E-state index is -4.17. The fourth-order valence-electron chi connectivity index (χ4n) is 4.29. The summed E-state index contributed by atoms with van der Waals surface area (Å²) in [4.78, 5) is 28.5. The SMILES string of the molecule is CCNC(=O)[C@H](CC)N(Cc1ccc(Cl)cc1Cl)C(=O)CN(c1ccc(OCC)cc1)S(=O)(=O)c1ccc(C)cc1. The molecule has 0 saturated carbocycles. The Kier molecular flexibility index (Phi) is 11.5. The third kappa shape index (κ3) is 8.15. The number of amides is 2. The average molecular weight is 621 g/mol. The summed E-state index contributed by atoms with van der Waals surface area (Å²) in [6.07, 6.45) is 0.302. The molecule has 1 N–H and O–H groups in total. The van der Waals surface area contributed by atoms with Crippen LogP contribution in [0.1, 0.15) is 38.3 Å². The van der Waals surface area contributed by atoms with Crippen molar-refractivity contribution in [2.45, 2.75) is 51.6 Å². The number of carbonyl (C=O) groups excluding carboxylic acids is 2. The molecule has 0 saturated heterocycles. The standard InChI is InChI=1S/C30H35Cl2N3O5S/c1-5-28(30(37)33-6-2)34(19-22-10-11-23(31)18-27(22)32)29(36)20-35(24-12-14-25(15-13-24)40-7-3)41(38,39)26-16-8-21(4)9-17-26/h8-18,28H,5-7,19-20H2,1-4H3,(H,33,37)/t28-/m0/s1. The van der Waals surface area contributed by atoms with Gasteiger partial charge in [-0.2, -0.15) is 0 Å². The van der Waals surface area contributed by atoms with E-state index in [2.05, 4.69) is 5.32 Å². The molecule has 11 heteroatoms. The number of nitrogens with one attached hydrogen (secondary N) is 1. The Morgan fingerprint density at radius 2 is 1.61 bits per heavy atom. The van der Waals surface area contributed by atoms with Crippen LogP contribution in [0, 0.1) is 6.92 Å². The first-order valence-corrected chi connectivity index (χ1v) is 15.5. The quantitative estimate of drug-likeness (QED) is 0.259. The highest BCUT2D eigenvalue weighted by Gasteiger charge is 2.34. The van der Waals surface area contributed by atoms with E-state index in [9.17, 15) is 18.0 Å². The number of anilines is 1. The molecule has 3 aromatic carbocycles. The highest BCUT2D eigenvalue weighted by atomic mass is 35.5. The molecule has 220 valence electrons. The van der Waals surface area contributed by atoms with Gasteiger partial charge in [0.15, 0.2) is 0 Å². The van der Waals surface area contributed by atoms with E-state index in [0.29, 0.717) is 40.9 Å². The van der Waals surface area contributed by atoms with Gasteiger partial charge in [0, 0.05) is 23.1 Å². The zero-order valence-corrected chi connectivity index (χ0v) is 25.9. The molecule has 0 fully saturated rings. The van der Waals surface area contributed by atoms with Crippen LogP contribution in [0.5, 0.6) is 5.75 Å². The molecule has 1 atom stereocenters. The number of rotatable bonds is 13. The molecule has 0 aliphatic heterocycles. The summed E-state index contributed by atoms with van der Waals surface area (Å²) in [7, 11) is -4.17. The van der Waals surface area contributed by atoms with Gasteiger partial charge in [-0.1, -0.05) is 53.9 Å². The van der Waals surface area contributed by atoms with E-state index in [1.807, 2.05) is 13.8 Å². The first kappa shape index (κ1) is 32.2. The summed E-state index contributed by atoms with van der Waals surface area (Å²) in [5, 5.41) is 3.53. The van der Waals surface area contributed by atoms with Gasteiger partial charge in [0.2, 0.25) is 11.8 Å². The van der Waals surface area contributed by atoms with Crippen molar-refractivity contribution in [1.82, 2.24) is 10.2 Å². The van der Waals surface area contributed by atoms with Crippen molar-refractivity contribution in [3.63, 3.8) is 0 Å². The summed E-state index contributed by atoms with van der Waals surface area (Å²) in [6, 6.07) is 16.9. The Morgan fingerprint density at radius 3 is 2.17 bits per heavy atom. The number of benzene rings is 3. The van der Waals surface area contributed by atoms with Gasteiger partial charge in [-0.25, -0.2) is 8.42 Å². The molecule has 0 aliphatic carbocycles. The number of ether oxygens (including phenoxy) is 1. The van der Waals surface area contributed by atoms with Crippen molar-refractivity contribution >= 4 is 50.7 Å².